The lowest BCUT2D eigenvalue weighted by molar-refractivity contribution is 0.807. The molecule has 1 unspecified atom stereocenters. The molecule has 0 bridgehead atoms. The molecule has 0 radical (unpaired) electrons. The molecular weight excluding hydrogens is 200 g/mol. The molecule has 5 heteroatoms. The fourth-order valence-electron chi connectivity index (χ4n) is 1.03. The maximum absolute atomic E-state index is 5.66. The number of nitrogens with zero attached hydrogens (tertiary/aromatic N) is 2. The molecule has 14 heavy (non-hydrogen) atoms. The number of hydrogen-bond acceptors (Lipinski definition) is 4. The average Bonchev–Trinajstić information content (AvgIpc) is 2.12. The first-order valence-electron chi connectivity index (χ1n) is 4.29. The van der Waals surface area contributed by atoms with Gasteiger partial charge in [-0.25, -0.2) is 4.98 Å². The van der Waals surface area contributed by atoms with Gasteiger partial charge in [0.2, 0.25) is 5.28 Å². The molecule has 1 aromatic heterocycles. The van der Waals surface area contributed by atoms with Crippen molar-refractivity contribution in [3.63, 3.8) is 0 Å². The second-order valence-electron chi connectivity index (χ2n) is 3.01. The number of hydrogen-bond donors (Lipinski definition) is 2. The summed E-state index contributed by atoms with van der Waals surface area (Å²) in [7, 11) is 0. The first-order valence-corrected chi connectivity index (χ1v) is 4.66. The minimum absolute atomic E-state index is 0.188. The third-order valence-corrected chi connectivity index (χ3v) is 1.87. The summed E-state index contributed by atoms with van der Waals surface area (Å²) in [6.07, 6.45) is 4.15. The molecule has 3 N–H and O–H groups in total. The van der Waals surface area contributed by atoms with Gasteiger partial charge in [0.25, 0.3) is 0 Å². The number of nitrogens with one attached hydrogen (secondary N) is 1. The lowest BCUT2D eigenvalue weighted by Crippen LogP contribution is -2.16. The van der Waals surface area contributed by atoms with Gasteiger partial charge in [-0.2, -0.15) is 4.98 Å². The van der Waals surface area contributed by atoms with Crippen LogP contribution in [-0.2, 0) is 0 Å². The van der Waals surface area contributed by atoms with Crippen LogP contribution >= 0.6 is 11.6 Å². The minimum atomic E-state index is 0.188. The first-order chi connectivity index (χ1) is 6.63. The van der Waals surface area contributed by atoms with Crippen molar-refractivity contribution in [2.75, 3.05) is 11.1 Å². The van der Waals surface area contributed by atoms with Crippen LogP contribution in [0.25, 0.3) is 0 Å². The van der Waals surface area contributed by atoms with E-state index < -0.39 is 0 Å². The van der Waals surface area contributed by atoms with Gasteiger partial charge >= 0.3 is 0 Å². The predicted molar refractivity (Wildman–Crippen MR) is 59.4 cm³/mol. The SMILES string of the molecule is C=CCC(C)Nc1nc(Cl)ncc1N. The summed E-state index contributed by atoms with van der Waals surface area (Å²) < 4.78 is 0. The molecule has 0 spiro atoms. The van der Waals surface area contributed by atoms with E-state index in [2.05, 4.69) is 21.9 Å². The highest BCUT2D eigenvalue weighted by molar-refractivity contribution is 6.28. The van der Waals surface area contributed by atoms with E-state index in [1.54, 1.807) is 0 Å². The number of halogens is 1. The van der Waals surface area contributed by atoms with Crippen molar-refractivity contribution in [1.82, 2.24) is 9.97 Å². The van der Waals surface area contributed by atoms with Gasteiger partial charge < -0.3 is 11.1 Å². The summed E-state index contributed by atoms with van der Waals surface area (Å²) in [5.74, 6) is 0.569. The van der Waals surface area contributed by atoms with Gasteiger partial charge in [-0.3, -0.25) is 0 Å². The van der Waals surface area contributed by atoms with Crippen LogP contribution in [0.4, 0.5) is 11.5 Å². The Bertz CT molecular complexity index is 327. The Labute approximate surface area is 88.2 Å². The highest BCUT2D eigenvalue weighted by Crippen LogP contribution is 2.17. The molecule has 76 valence electrons. The van der Waals surface area contributed by atoms with Crippen molar-refractivity contribution >= 4 is 23.1 Å². The molecular formula is C9H13ClN4. The van der Waals surface area contributed by atoms with Crippen LogP contribution in [0.1, 0.15) is 13.3 Å². The Morgan fingerprint density at radius 2 is 2.50 bits per heavy atom. The fraction of sp³-hybridized carbons (Fsp3) is 0.333. The zero-order chi connectivity index (χ0) is 10.6. The summed E-state index contributed by atoms with van der Waals surface area (Å²) in [6, 6.07) is 0.223. The van der Waals surface area contributed by atoms with Crippen molar-refractivity contribution in [1.29, 1.82) is 0 Å². The zero-order valence-corrected chi connectivity index (χ0v) is 8.75. The van der Waals surface area contributed by atoms with E-state index in [4.69, 9.17) is 17.3 Å². The largest absolute Gasteiger partial charge is 0.394 e. The molecule has 0 aromatic carbocycles. The maximum Gasteiger partial charge on any atom is 0.224 e. The quantitative estimate of drug-likeness (QED) is 0.593. The minimum Gasteiger partial charge on any atom is -0.394 e. The monoisotopic (exact) mass is 212 g/mol. The first kappa shape index (κ1) is 10.8. The predicted octanol–water partition coefficient (Wildman–Crippen LogP) is 2.09. The van der Waals surface area contributed by atoms with Gasteiger partial charge in [0, 0.05) is 6.04 Å². The summed E-state index contributed by atoms with van der Waals surface area (Å²) in [5, 5.41) is 3.31. The highest BCUT2D eigenvalue weighted by Gasteiger charge is 2.05. The molecule has 4 nitrogen and oxygen atoms in total. The third-order valence-electron chi connectivity index (χ3n) is 1.69. The van der Waals surface area contributed by atoms with Crippen molar-refractivity contribution in [3.05, 3.63) is 24.1 Å². The smallest absolute Gasteiger partial charge is 0.224 e. The van der Waals surface area contributed by atoms with Crippen LogP contribution < -0.4 is 11.1 Å². The standard InChI is InChI=1S/C9H13ClN4/c1-3-4-6(2)13-8-7(11)5-12-9(10)14-8/h3,5-6H,1,4,11H2,2H3,(H,12,13,14). The number of rotatable bonds is 4. The van der Waals surface area contributed by atoms with Crippen LogP contribution in [0, 0.1) is 0 Å². The number of nitrogens with two attached hydrogens (primary N) is 1. The van der Waals surface area contributed by atoms with Crippen LogP contribution in [0.15, 0.2) is 18.9 Å². The molecule has 1 heterocycles. The van der Waals surface area contributed by atoms with Gasteiger partial charge in [0.15, 0.2) is 5.82 Å². The van der Waals surface area contributed by atoms with Crippen LogP contribution in [-0.4, -0.2) is 16.0 Å². The lowest BCUT2D eigenvalue weighted by atomic mass is 10.2. The molecule has 1 aromatic rings. The summed E-state index contributed by atoms with van der Waals surface area (Å²) >= 11 is 5.64. The highest BCUT2D eigenvalue weighted by atomic mass is 35.5. The van der Waals surface area contributed by atoms with Gasteiger partial charge in [-0.1, -0.05) is 6.08 Å². The molecule has 0 saturated carbocycles. The van der Waals surface area contributed by atoms with Crippen molar-refractivity contribution in [2.24, 2.45) is 0 Å². The molecule has 1 atom stereocenters. The normalized spacial score (nSPS) is 12.1. The van der Waals surface area contributed by atoms with E-state index >= 15 is 0 Å². The van der Waals surface area contributed by atoms with Gasteiger partial charge in [0.1, 0.15) is 0 Å². The molecule has 1 rings (SSSR count). The van der Waals surface area contributed by atoms with Gasteiger partial charge in [-0.15, -0.1) is 6.58 Å². The average molecular weight is 213 g/mol. The fourth-order valence-corrected chi connectivity index (χ4v) is 1.16. The van der Waals surface area contributed by atoms with Gasteiger partial charge in [0.05, 0.1) is 11.9 Å². The van der Waals surface area contributed by atoms with Crippen LogP contribution in [0.2, 0.25) is 5.28 Å². The topological polar surface area (TPSA) is 63.8 Å². The maximum atomic E-state index is 5.66. The summed E-state index contributed by atoms with van der Waals surface area (Å²) in [6.45, 7) is 5.66. The van der Waals surface area contributed by atoms with Gasteiger partial charge in [-0.05, 0) is 24.9 Å². The third kappa shape index (κ3) is 2.88. The zero-order valence-electron chi connectivity index (χ0n) is 8.00. The Morgan fingerprint density at radius 3 is 3.14 bits per heavy atom. The van der Waals surface area contributed by atoms with E-state index in [0.717, 1.165) is 6.42 Å². The Kier molecular flexibility index (Phi) is 3.71. The second-order valence-corrected chi connectivity index (χ2v) is 3.35. The summed E-state index contributed by atoms with van der Waals surface area (Å²) in [5.41, 5.74) is 6.15. The van der Waals surface area contributed by atoms with E-state index in [1.165, 1.54) is 6.20 Å². The molecule has 0 aliphatic rings. The van der Waals surface area contributed by atoms with E-state index in [0.29, 0.717) is 11.5 Å². The Balaban J connectivity index is 2.74. The van der Waals surface area contributed by atoms with E-state index in [1.807, 2.05) is 13.0 Å². The molecule has 0 aliphatic carbocycles. The number of nitrogen functional groups attached to an aromatic ring is 1. The van der Waals surface area contributed by atoms with E-state index in [-0.39, 0.29) is 11.3 Å². The van der Waals surface area contributed by atoms with Crippen molar-refractivity contribution in [2.45, 2.75) is 19.4 Å². The second kappa shape index (κ2) is 4.81. The van der Waals surface area contributed by atoms with E-state index in [9.17, 15) is 0 Å². The Hall–Kier alpha value is -1.29. The van der Waals surface area contributed by atoms with Crippen LogP contribution in [0.3, 0.4) is 0 Å². The molecule has 0 saturated heterocycles. The molecule has 0 aliphatic heterocycles. The van der Waals surface area contributed by atoms with Crippen LogP contribution in [0.5, 0.6) is 0 Å². The lowest BCUT2D eigenvalue weighted by Gasteiger charge is -2.13. The number of anilines is 2. The summed E-state index contributed by atoms with van der Waals surface area (Å²) in [4.78, 5) is 7.74. The van der Waals surface area contributed by atoms with Crippen molar-refractivity contribution in [3.8, 4) is 0 Å². The molecule has 0 amide bonds. The molecule has 0 fully saturated rings. The number of aromatic nitrogens is 2. The van der Waals surface area contributed by atoms with Crippen molar-refractivity contribution < 1.29 is 0 Å². The Morgan fingerprint density at radius 1 is 1.79 bits per heavy atom.